The molecule has 1 amide bonds. The van der Waals surface area contributed by atoms with Gasteiger partial charge in [0.2, 0.25) is 0 Å². The molecular weight excluding hydrogens is 402 g/mol. The number of hydrogen-bond donors (Lipinski definition) is 0. The highest BCUT2D eigenvalue weighted by Crippen LogP contribution is 2.44. The van der Waals surface area contributed by atoms with E-state index in [0.717, 1.165) is 38.3 Å². The van der Waals surface area contributed by atoms with Gasteiger partial charge in [0, 0.05) is 35.5 Å². The molecule has 5 rings (SSSR count). The molecule has 0 N–H and O–H groups in total. The van der Waals surface area contributed by atoms with E-state index in [2.05, 4.69) is 54.6 Å². The molecule has 0 aliphatic heterocycles. The van der Waals surface area contributed by atoms with Crippen LogP contribution in [0.5, 0.6) is 0 Å². The van der Waals surface area contributed by atoms with E-state index in [1.807, 2.05) is 36.4 Å². The van der Waals surface area contributed by atoms with Crippen molar-refractivity contribution in [1.29, 1.82) is 0 Å². The Morgan fingerprint density at radius 3 is 2.23 bits per heavy atom. The highest BCUT2D eigenvalue weighted by Gasteiger charge is 2.20. The van der Waals surface area contributed by atoms with Gasteiger partial charge in [-0.25, -0.2) is 0 Å². The summed E-state index contributed by atoms with van der Waals surface area (Å²) in [5.41, 5.74) is 4.05. The maximum absolute atomic E-state index is 12.1. The number of fused-ring (bicyclic) bond motifs is 3. The van der Waals surface area contributed by atoms with Gasteiger partial charge in [0.25, 0.3) is 5.24 Å². The molecule has 4 heteroatoms. The van der Waals surface area contributed by atoms with E-state index in [0.29, 0.717) is 0 Å². The molecule has 152 valence electrons. The van der Waals surface area contributed by atoms with Crippen LogP contribution in [0.15, 0.2) is 100 Å². The van der Waals surface area contributed by atoms with Crippen molar-refractivity contribution in [2.24, 2.45) is 0 Å². The molecule has 0 saturated carbocycles. The summed E-state index contributed by atoms with van der Waals surface area (Å²) in [6.45, 7) is 0. The van der Waals surface area contributed by atoms with E-state index in [9.17, 15) is 4.79 Å². The van der Waals surface area contributed by atoms with Crippen LogP contribution in [0.1, 0.15) is 0 Å². The molecule has 0 saturated heterocycles. The molecule has 0 fully saturated rings. The Morgan fingerprint density at radius 1 is 0.774 bits per heavy atom. The lowest BCUT2D eigenvalue weighted by molar-refractivity contribution is 0.241. The standard InChI is InChI=1S/C27H21NO2S/c1-28(2)27(29)31-21-15-12-19(13-16-21)24-25-22-11-7-6-8-18(22)14-17-23(25)30-26(24)20-9-4-3-5-10-20/h3-17H,1-2H3. The molecule has 31 heavy (non-hydrogen) atoms. The van der Waals surface area contributed by atoms with E-state index < -0.39 is 0 Å². The minimum atomic E-state index is 0.0116. The number of benzene rings is 4. The van der Waals surface area contributed by atoms with Crippen LogP contribution in [0.3, 0.4) is 0 Å². The number of nitrogens with zero attached hydrogens (tertiary/aromatic N) is 1. The number of carbonyl (C=O) groups is 1. The lowest BCUT2D eigenvalue weighted by Gasteiger charge is -2.10. The summed E-state index contributed by atoms with van der Waals surface area (Å²) in [5.74, 6) is 0.858. The smallest absolute Gasteiger partial charge is 0.285 e. The molecule has 0 aliphatic rings. The molecule has 0 atom stereocenters. The largest absolute Gasteiger partial charge is 0.455 e. The molecule has 1 aromatic heterocycles. The molecule has 4 aromatic carbocycles. The number of rotatable bonds is 3. The first kappa shape index (κ1) is 19.5. The third-order valence-electron chi connectivity index (χ3n) is 5.33. The summed E-state index contributed by atoms with van der Waals surface area (Å²) in [6, 6.07) is 30.9. The van der Waals surface area contributed by atoms with Crippen LogP contribution < -0.4 is 0 Å². The van der Waals surface area contributed by atoms with E-state index in [4.69, 9.17) is 4.42 Å². The lowest BCUT2D eigenvalue weighted by Crippen LogP contribution is -2.15. The SMILES string of the molecule is CN(C)C(=O)Sc1ccc(-c2c(-c3ccccc3)oc3ccc4ccccc4c23)cc1. The zero-order chi connectivity index (χ0) is 21.4. The first-order valence-electron chi connectivity index (χ1n) is 10.1. The van der Waals surface area contributed by atoms with Crippen molar-refractivity contribution >= 4 is 38.7 Å². The van der Waals surface area contributed by atoms with E-state index in [1.54, 1.807) is 19.0 Å². The van der Waals surface area contributed by atoms with Gasteiger partial charge in [0.1, 0.15) is 11.3 Å². The van der Waals surface area contributed by atoms with Gasteiger partial charge in [-0.3, -0.25) is 4.79 Å². The molecule has 0 aliphatic carbocycles. The second-order valence-corrected chi connectivity index (χ2v) is 8.64. The third kappa shape index (κ3) is 3.60. The molecule has 0 radical (unpaired) electrons. The summed E-state index contributed by atoms with van der Waals surface area (Å²) in [4.78, 5) is 14.6. The maximum Gasteiger partial charge on any atom is 0.285 e. The lowest BCUT2D eigenvalue weighted by atomic mass is 9.95. The Morgan fingerprint density at radius 2 is 1.48 bits per heavy atom. The second-order valence-electron chi connectivity index (χ2n) is 7.62. The average Bonchev–Trinajstić information content (AvgIpc) is 3.20. The zero-order valence-electron chi connectivity index (χ0n) is 17.3. The molecular formula is C27H21NO2S. The van der Waals surface area contributed by atoms with Crippen molar-refractivity contribution in [1.82, 2.24) is 4.90 Å². The minimum absolute atomic E-state index is 0.0116. The Hall–Kier alpha value is -3.50. The predicted molar refractivity (Wildman–Crippen MR) is 130 cm³/mol. The summed E-state index contributed by atoms with van der Waals surface area (Å²) in [7, 11) is 3.52. The molecule has 1 heterocycles. The number of carbonyl (C=O) groups excluding carboxylic acids is 1. The quantitative estimate of drug-likeness (QED) is 0.279. The van der Waals surface area contributed by atoms with Crippen molar-refractivity contribution in [2.45, 2.75) is 4.90 Å². The fourth-order valence-electron chi connectivity index (χ4n) is 3.82. The fraction of sp³-hybridized carbons (Fsp3) is 0.0741. The van der Waals surface area contributed by atoms with Crippen molar-refractivity contribution in [3.05, 3.63) is 91.0 Å². The van der Waals surface area contributed by atoms with Gasteiger partial charge in [-0.1, -0.05) is 72.8 Å². The highest BCUT2D eigenvalue weighted by atomic mass is 32.2. The van der Waals surface area contributed by atoms with Gasteiger partial charge in [0.05, 0.1) is 0 Å². The summed E-state index contributed by atoms with van der Waals surface area (Å²) >= 11 is 1.23. The summed E-state index contributed by atoms with van der Waals surface area (Å²) in [6.07, 6.45) is 0. The number of amides is 1. The first-order chi connectivity index (χ1) is 15.1. The number of thioether (sulfide) groups is 1. The summed E-state index contributed by atoms with van der Waals surface area (Å²) in [5, 5.41) is 3.47. The van der Waals surface area contributed by atoms with E-state index in [-0.39, 0.29) is 5.24 Å². The van der Waals surface area contributed by atoms with Crippen LogP contribution in [-0.2, 0) is 0 Å². The first-order valence-corrected chi connectivity index (χ1v) is 10.9. The van der Waals surface area contributed by atoms with Crippen LogP contribution >= 0.6 is 11.8 Å². The molecule has 3 nitrogen and oxygen atoms in total. The van der Waals surface area contributed by atoms with Crippen molar-refractivity contribution < 1.29 is 9.21 Å². The van der Waals surface area contributed by atoms with Crippen LogP contribution in [0, 0.1) is 0 Å². The van der Waals surface area contributed by atoms with Gasteiger partial charge >= 0.3 is 0 Å². The molecule has 0 unspecified atom stereocenters. The predicted octanol–water partition coefficient (Wildman–Crippen LogP) is 7.69. The van der Waals surface area contributed by atoms with Crippen LogP contribution in [0.25, 0.3) is 44.2 Å². The minimum Gasteiger partial charge on any atom is -0.455 e. The van der Waals surface area contributed by atoms with Gasteiger partial charge in [-0.15, -0.1) is 0 Å². The molecule has 0 spiro atoms. The van der Waals surface area contributed by atoms with Gasteiger partial charge in [0.15, 0.2) is 0 Å². The molecule has 5 aromatic rings. The Balaban J connectivity index is 1.73. The Kier molecular flexibility index (Phi) is 5.00. The third-order valence-corrected chi connectivity index (χ3v) is 6.38. The van der Waals surface area contributed by atoms with Crippen molar-refractivity contribution in [3.8, 4) is 22.5 Å². The van der Waals surface area contributed by atoms with E-state index >= 15 is 0 Å². The van der Waals surface area contributed by atoms with Crippen molar-refractivity contribution in [2.75, 3.05) is 14.1 Å². The summed E-state index contributed by atoms with van der Waals surface area (Å²) < 4.78 is 6.41. The van der Waals surface area contributed by atoms with Crippen LogP contribution in [-0.4, -0.2) is 24.2 Å². The number of furan rings is 1. The van der Waals surface area contributed by atoms with Gasteiger partial charge in [-0.2, -0.15) is 0 Å². The van der Waals surface area contributed by atoms with Gasteiger partial charge in [-0.05, 0) is 46.3 Å². The Bertz CT molecular complexity index is 1390. The van der Waals surface area contributed by atoms with Crippen LogP contribution in [0.4, 0.5) is 4.79 Å². The molecule has 0 bridgehead atoms. The zero-order valence-corrected chi connectivity index (χ0v) is 18.1. The van der Waals surface area contributed by atoms with Crippen molar-refractivity contribution in [3.63, 3.8) is 0 Å². The Labute approximate surface area is 185 Å². The monoisotopic (exact) mass is 423 g/mol. The number of hydrogen-bond acceptors (Lipinski definition) is 3. The second kappa shape index (κ2) is 7.97. The van der Waals surface area contributed by atoms with E-state index in [1.165, 1.54) is 22.5 Å². The topological polar surface area (TPSA) is 33.5 Å². The highest BCUT2D eigenvalue weighted by molar-refractivity contribution is 8.13. The fourth-order valence-corrected chi connectivity index (χ4v) is 4.48. The van der Waals surface area contributed by atoms with Crippen LogP contribution in [0.2, 0.25) is 0 Å². The maximum atomic E-state index is 12.1. The van der Waals surface area contributed by atoms with Gasteiger partial charge < -0.3 is 9.32 Å². The average molecular weight is 424 g/mol. The normalized spacial score (nSPS) is 11.2.